The number of hydrogen-bond acceptors (Lipinski definition) is 4. The molecule has 0 saturated carbocycles. The fourth-order valence-electron chi connectivity index (χ4n) is 1.17. The number of rotatable bonds is 3. The molecular weight excluding hydrogens is 212 g/mol. The number of esters is 1. The van der Waals surface area contributed by atoms with Gasteiger partial charge in [-0.2, -0.15) is 0 Å². The third-order valence-electron chi connectivity index (χ3n) is 2.34. The van der Waals surface area contributed by atoms with E-state index in [1.807, 2.05) is 0 Å². The van der Waals surface area contributed by atoms with Crippen LogP contribution in [0.5, 0.6) is 0 Å². The minimum absolute atomic E-state index is 0.115. The van der Waals surface area contributed by atoms with Crippen molar-refractivity contribution < 1.29 is 9.53 Å². The number of amidine groups is 1. The van der Waals surface area contributed by atoms with E-state index in [1.165, 1.54) is 0 Å². The van der Waals surface area contributed by atoms with E-state index >= 15 is 0 Å². The van der Waals surface area contributed by atoms with Crippen LogP contribution >= 0.6 is 11.8 Å². The molecule has 5 heteroatoms. The maximum absolute atomic E-state index is 11.1. The summed E-state index contributed by atoms with van der Waals surface area (Å²) < 4.78 is 4.80. The van der Waals surface area contributed by atoms with Crippen LogP contribution in [0.15, 0.2) is 4.99 Å². The van der Waals surface area contributed by atoms with Crippen LogP contribution in [-0.2, 0) is 9.53 Å². The Kier molecular flexibility index (Phi) is 4.94. The van der Waals surface area contributed by atoms with Crippen LogP contribution in [0, 0.1) is 5.92 Å². The summed E-state index contributed by atoms with van der Waals surface area (Å²) in [5.41, 5.74) is 0. The van der Waals surface area contributed by atoms with Gasteiger partial charge in [0.1, 0.15) is 6.54 Å². The van der Waals surface area contributed by atoms with E-state index in [0.29, 0.717) is 18.6 Å². The highest BCUT2D eigenvalue weighted by Gasteiger charge is 2.20. The molecule has 86 valence electrons. The zero-order valence-corrected chi connectivity index (χ0v) is 10.3. The van der Waals surface area contributed by atoms with Crippen molar-refractivity contribution in [2.24, 2.45) is 10.9 Å². The number of hydrogen-bond donors (Lipinski definition) is 1. The molecule has 0 aromatic rings. The Balaban J connectivity index is 2.37. The SMILES string of the molecule is CCOC(=O)CN=C1NC(C)C(C)CS1. The quantitative estimate of drug-likeness (QED) is 0.742. The van der Waals surface area contributed by atoms with Crippen LogP contribution in [0.2, 0.25) is 0 Å². The second-order valence-electron chi connectivity index (χ2n) is 3.65. The Bertz CT molecular complexity index is 256. The highest BCUT2D eigenvalue weighted by atomic mass is 32.2. The lowest BCUT2D eigenvalue weighted by molar-refractivity contribution is -0.141. The molecule has 1 N–H and O–H groups in total. The summed E-state index contributed by atoms with van der Waals surface area (Å²) in [4.78, 5) is 15.2. The molecule has 1 aliphatic heterocycles. The molecule has 0 spiro atoms. The second kappa shape index (κ2) is 6.00. The molecule has 1 saturated heterocycles. The van der Waals surface area contributed by atoms with Crippen LogP contribution in [-0.4, -0.2) is 36.1 Å². The predicted octanol–water partition coefficient (Wildman–Crippen LogP) is 1.27. The van der Waals surface area contributed by atoms with E-state index in [1.54, 1.807) is 18.7 Å². The van der Waals surface area contributed by atoms with Crippen molar-refractivity contribution in [3.63, 3.8) is 0 Å². The molecule has 0 aromatic carbocycles. The number of carbonyl (C=O) groups excluding carboxylic acids is 1. The lowest BCUT2D eigenvalue weighted by atomic mass is 10.1. The van der Waals surface area contributed by atoms with Gasteiger partial charge >= 0.3 is 5.97 Å². The first-order chi connectivity index (χ1) is 7.13. The van der Waals surface area contributed by atoms with Gasteiger partial charge in [-0.25, -0.2) is 0 Å². The average Bonchev–Trinajstić information content (AvgIpc) is 2.20. The zero-order valence-electron chi connectivity index (χ0n) is 9.45. The minimum Gasteiger partial charge on any atom is -0.465 e. The molecule has 0 aromatic heterocycles. The van der Waals surface area contributed by atoms with Gasteiger partial charge in [0.2, 0.25) is 0 Å². The molecule has 4 nitrogen and oxygen atoms in total. The molecular formula is C10H18N2O2S. The molecule has 0 radical (unpaired) electrons. The normalized spacial score (nSPS) is 28.6. The number of carbonyl (C=O) groups is 1. The summed E-state index contributed by atoms with van der Waals surface area (Å²) in [6, 6.07) is 0.423. The first-order valence-corrected chi connectivity index (χ1v) is 6.21. The zero-order chi connectivity index (χ0) is 11.3. The number of aliphatic imine (C=N–C) groups is 1. The van der Waals surface area contributed by atoms with Gasteiger partial charge in [0.05, 0.1) is 6.61 Å². The van der Waals surface area contributed by atoms with E-state index in [4.69, 9.17) is 4.74 Å². The number of thioether (sulfide) groups is 1. The first-order valence-electron chi connectivity index (χ1n) is 5.23. The number of ether oxygens (including phenoxy) is 1. The van der Waals surface area contributed by atoms with Gasteiger partial charge in [-0.05, 0) is 19.8 Å². The summed E-state index contributed by atoms with van der Waals surface area (Å²) in [5.74, 6) is 1.42. The Morgan fingerprint density at radius 1 is 1.67 bits per heavy atom. The molecule has 0 bridgehead atoms. The van der Waals surface area contributed by atoms with Gasteiger partial charge in [-0.1, -0.05) is 18.7 Å². The molecule has 1 aliphatic rings. The van der Waals surface area contributed by atoms with Crippen LogP contribution < -0.4 is 5.32 Å². The summed E-state index contributed by atoms with van der Waals surface area (Å²) in [5, 5.41) is 4.12. The van der Waals surface area contributed by atoms with E-state index in [0.717, 1.165) is 10.9 Å². The van der Waals surface area contributed by atoms with E-state index in [2.05, 4.69) is 24.2 Å². The lowest BCUT2D eigenvalue weighted by Gasteiger charge is -2.28. The highest BCUT2D eigenvalue weighted by Crippen LogP contribution is 2.18. The fourth-order valence-corrected chi connectivity index (χ4v) is 2.30. The van der Waals surface area contributed by atoms with Crippen LogP contribution in [0.1, 0.15) is 20.8 Å². The Labute approximate surface area is 94.9 Å². The monoisotopic (exact) mass is 230 g/mol. The van der Waals surface area contributed by atoms with Gasteiger partial charge in [-0.3, -0.25) is 9.79 Å². The van der Waals surface area contributed by atoms with Crippen molar-refractivity contribution in [2.45, 2.75) is 26.8 Å². The van der Waals surface area contributed by atoms with Crippen molar-refractivity contribution in [3.8, 4) is 0 Å². The largest absolute Gasteiger partial charge is 0.465 e. The number of nitrogens with one attached hydrogen (secondary N) is 1. The standard InChI is InChI=1S/C10H18N2O2S/c1-4-14-9(13)5-11-10-12-8(3)7(2)6-15-10/h7-8H,4-6H2,1-3H3,(H,11,12). The summed E-state index contributed by atoms with van der Waals surface area (Å²) >= 11 is 1.67. The molecule has 15 heavy (non-hydrogen) atoms. The maximum Gasteiger partial charge on any atom is 0.327 e. The first kappa shape index (κ1) is 12.4. The van der Waals surface area contributed by atoms with Crippen LogP contribution in [0.4, 0.5) is 0 Å². The Hall–Kier alpha value is -0.710. The summed E-state index contributed by atoms with van der Waals surface area (Å²) in [6.45, 7) is 6.65. The predicted molar refractivity (Wildman–Crippen MR) is 63.2 cm³/mol. The van der Waals surface area contributed by atoms with Gasteiger partial charge < -0.3 is 10.1 Å². The lowest BCUT2D eigenvalue weighted by Crippen LogP contribution is -2.41. The van der Waals surface area contributed by atoms with Gasteiger partial charge in [0, 0.05) is 11.8 Å². The van der Waals surface area contributed by atoms with Gasteiger partial charge in [0.25, 0.3) is 0 Å². The van der Waals surface area contributed by atoms with Crippen molar-refractivity contribution in [1.29, 1.82) is 0 Å². The third-order valence-corrected chi connectivity index (χ3v) is 3.56. The molecule has 2 atom stereocenters. The van der Waals surface area contributed by atoms with E-state index in [9.17, 15) is 4.79 Å². The molecule has 0 amide bonds. The van der Waals surface area contributed by atoms with Crippen molar-refractivity contribution in [2.75, 3.05) is 18.9 Å². The smallest absolute Gasteiger partial charge is 0.327 e. The van der Waals surface area contributed by atoms with Crippen LogP contribution in [0.3, 0.4) is 0 Å². The van der Waals surface area contributed by atoms with Crippen LogP contribution in [0.25, 0.3) is 0 Å². The van der Waals surface area contributed by atoms with E-state index in [-0.39, 0.29) is 12.5 Å². The number of nitrogens with zero attached hydrogens (tertiary/aromatic N) is 1. The van der Waals surface area contributed by atoms with Crippen molar-refractivity contribution >= 4 is 22.9 Å². The highest BCUT2D eigenvalue weighted by molar-refractivity contribution is 8.13. The summed E-state index contributed by atoms with van der Waals surface area (Å²) in [7, 11) is 0. The Morgan fingerprint density at radius 2 is 2.40 bits per heavy atom. The second-order valence-corrected chi connectivity index (χ2v) is 4.66. The van der Waals surface area contributed by atoms with Gasteiger partial charge in [-0.15, -0.1) is 0 Å². The molecule has 1 rings (SSSR count). The van der Waals surface area contributed by atoms with E-state index < -0.39 is 0 Å². The maximum atomic E-state index is 11.1. The fraction of sp³-hybridized carbons (Fsp3) is 0.800. The van der Waals surface area contributed by atoms with Crippen molar-refractivity contribution in [1.82, 2.24) is 5.32 Å². The average molecular weight is 230 g/mol. The third kappa shape index (κ3) is 4.11. The minimum atomic E-state index is -0.265. The molecule has 1 fully saturated rings. The molecule has 2 unspecified atom stereocenters. The van der Waals surface area contributed by atoms with Gasteiger partial charge in [0.15, 0.2) is 5.17 Å². The van der Waals surface area contributed by atoms with Crippen molar-refractivity contribution in [3.05, 3.63) is 0 Å². The molecule has 1 heterocycles. The summed E-state index contributed by atoms with van der Waals surface area (Å²) in [6.07, 6.45) is 0. The molecule has 0 aliphatic carbocycles. The Morgan fingerprint density at radius 3 is 3.00 bits per heavy atom. The topological polar surface area (TPSA) is 50.7 Å².